The molecule has 9 rings (SSSR count). The molecule has 0 saturated heterocycles. The van der Waals surface area contributed by atoms with E-state index in [1.807, 2.05) is 12.1 Å². The molecule has 0 unspecified atom stereocenters. The highest BCUT2D eigenvalue weighted by Crippen LogP contribution is 2.40. The minimum Gasteiger partial charge on any atom is -0.455 e. The van der Waals surface area contributed by atoms with Gasteiger partial charge in [0.1, 0.15) is 16.7 Å². The van der Waals surface area contributed by atoms with Gasteiger partial charge < -0.3 is 13.4 Å². The molecule has 0 aliphatic heterocycles. The molecule has 0 spiro atoms. The fourth-order valence-electron chi connectivity index (χ4n) is 6.28. The van der Waals surface area contributed by atoms with E-state index in [0.29, 0.717) is 0 Å². The van der Waals surface area contributed by atoms with E-state index in [-0.39, 0.29) is 0 Å². The summed E-state index contributed by atoms with van der Waals surface area (Å²) >= 11 is 0. The Labute approximate surface area is 223 Å². The number of hydrogen-bond donors (Lipinski definition) is 0. The van der Waals surface area contributed by atoms with Crippen LogP contribution in [0.1, 0.15) is 0 Å². The summed E-state index contributed by atoms with van der Waals surface area (Å²) in [4.78, 5) is 0. The number of fused-ring (bicyclic) bond motifs is 9. The van der Waals surface area contributed by atoms with Gasteiger partial charge >= 0.3 is 0 Å². The first-order valence-corrected chi connectivity index (χ1v) is 13.2. The highest BCUT2D eigenvalue weighted by atomic mass is 16.3. The van der Waals surface area contributed by atoms with Crippen LogP contribution in [0.15, 0.2) is 136 Å². The SMILES string of the molecule is c1ccc2c(c1)oc1c(-c3ccc4c(c3)oc3c(-n5c6ccccc6c6ccccc65)cccc34)cccc12. The van der Waals surface area contributed by atoms with Crippen molar-refractivity contribution < 1.29 is 8.83 Å². The van der Waals surface area contributed by atoms with Crippen LogP contribution >= 0.6 is 0 Å². The molecule has 0 fully saturated rings. The molecule has 0 radical (unpaired) electrons. The molecule has 3 nitrogen and oxygen atoms in total. The molecule has 3 heteroatoms. The van der Waals surface area contributed by atoms with Gasteiger partial charge in [0.2, 0.25) is 0 Å². The second-order valence-corrected chi connectivity index (χ2v) is 10.1. The van der Waals surface area contributed by atoms with E-state index < -0.39 is 0 Å². The van der Waals surface area contributed by atoms with Gasteiger partial charge in [-0.1, -0.05) is 91.0 Å². The van der Waals surface area contributed by atoms with Gasteiger partial charge in [0, 0.05) is 37.9 Å². The van der Waals surface area contributed by atoms with Gasteiger partial charge in [0.05, 0.1) is 16.7 Å². The lowest BCUT2D eigenvalue weighted by atomic mass is 10.0. The molecule has 0 aliphatic rings. The summed E-state index contributed by atoms with van der Waals surface area (Å²) in [5, 5.41) is 6.95. The largest absolute Gasteiger partial charge is 0.455 e. The van der Waals surface area contributed by atoms with E-state index in [0.717, 1.165) is 60.7 Å². The maximum absolute atomic E-state index is 6.69. The van der Waals surface area contributed by atoms with Gasteiger partial charge in [-0.2, -0.15) is 0 Å². The average Bonchev–Trinajstić information content (AvgIpc) is 3.66. The molecule has 0 saturated carbocycles. The molecule has 9 aromatic rings. The van der Waals surface area contributed by atoms with E-state index in [4.69, 9.17) is 8.83 Å². The summed E-state index contributed by atoms with van der Waals surface area (Å²) < 4.78 is 15.3. The smallest absolute Gasteiger partial charge is 0.159 e. The molecule has 182 valence electrons. The minimum absolute atomic E-state index is 0.865. The van der Waals surface area contributed by atoms with Crippen LogP contribution in [0.25, 0.3) is 82.5 Å². The third-order valence-corrected chi connectivity index (χ3v) is 8.01. The van der Waals surface area contributed by atoms with Crippen molar-refractivity contribution in [2.24, 2.45) is 0 Å². The molecular formula is C36H21NO2. The van der Waals surface area contributed by atoms with Crippen LogP contribution in [-0.2, 0) is 0 Å². The van der Waals surface area contributed by atoms with Crippen LogP contribution in [0.4, 0.5) is 0 Å². The van der Waals surface area contributed by atoms with Crippen molar-refractivity contribution in [3.63, 3.8) is 0 Å². The van der Waals surface area contributed by atoms with Crippen molar-refractivity contribution in [1.82, 2.24) is 4.57 Å². The molecule has 0 N–H and O–H groups in total. The maximum atomic E-state index is 6.69. The van der Waals surface area contributed by atoms with E-state index in [9.17, 15) is 0 Å². The first-order chi connectivity index (χ1) is 19.3. The fraction of sp³-hybridized carbons (Fsp3) is 0. The first-order valence-electron chi connectivity index (χ1n) is 13.2. The van der Waals surface area contributed by atoms with Crippen molar-refractivity contribution in [2.45, 2.75) is 0 Å². The Kier molecular flexibility index (Phi) is 4.05. The van der Waals surface area contributed by atoms with E-state index in [1.54, 1.807) is 0 Å². The number of benzene rings is 6. The van der Waals surface area contributed by atoms with Gasteiger partial charge in [0.15, 0.2) is 5.58 Å². The highest BCUT2D eigenvalue weighted by molar-refractivity contribution is 6.14. The molecule has 0 amide bonds. The molecule has 3 heterocycles. The second kappa shape index (κ2) is 7.62. The highest BCUT2D eigenvalue weighted by Gasteiger charge is 2.18. The Hall–Kier alpha value is -5.28. The monoisotopic (exact) mass is 499 g/mol. The number of rotatable bonds is 2. The van der Waals surface area contributed by atoms with Crippen LogP contribution < -0.4 is 0 Å². The topological polar surface area (TPSA) is 31.2 Å². The number of para-hydroxylation sites is 5. The molecule has 0 aliphatic carbocycles. The summed E-state index contributed by atoms with van der Waals surface area (Å²) in [5.41, 5.74) is 9.08. The minimum atomic E-state index is 0.865. The summed E-state index contributed by atoms with van der Waals surface area (Å²) in [6.07, 6.45) is 0. The average molecular weight is 500 g/mol. The lowest BCUT2D eigenvalue weighted by Crippen LogP contribution is -1.93. The predicted molar refractivity (Wildman–Crippen MR) is 161 cm³/mol. The van der Waals surface area contributed by atoms with Crippen LogP contribution in [0.2, 0.25) is 0 Å². The van der Waals surface area contributed by atoms with Crippen molar-refractivity contribution >= 4 is 65.7 Å². The maximum Gasteiger partial charge on any atom is 0.159 e. The normalized spacial score (nSPS) is 12.1. The quantitative estimate of drug-likeness (QED) is 0.237. The van der Waals surface area contributed by atoms with E-state index >= 15 is 0 Å². The van der Waals surface area contributed by atoms with Crippen LogP contribution in [0, 0.1) is 0 Å². The zero-order chi connectivity index (χ0) is 25.5. The number of aromatic nitrogens is 1. The van der Waals surface area contributed by atoms with Crippen molar-refractivity contribution in [2.75, 3.05) is 0 Å². The van der Waals surface area contributed by atoms with Crippen LogP contribution in [0.5, 0.6) is 0 Å². The predicted octanol–water partition coefficient (Wildman–Crippen LogP) is 10.2. The lowest BCUT2D eigenvalue weighted by molar-refractivity contribution is 0.666. The Morgan fingerprint density at radius 1 is 0.410 bits per heavy atom. The number of hydrogen-bond acceptors (Lipinski definition) is 2. The summed E-state index contributed by atoms with van der Waals surface area (Å²) in [5.74, 6) is 0. The third-order valence-electron chi connectivity index (χ3n) is 8.01. The van der Waals surface area contributed by atoms with E-state index in [2.05, 4.69) is 120 Å². The third kappa shape index (κ3) is 2.82. The number of furan rings is 2. The molecule has 0 bridgehead atoms. The van der Waals surface area contributed by atoms with Gasteiger partial charge in [-0.3, -0.25) is 0 Å². The molecule has 39 heavy (non-hydrogen) atoms. The number of nitrogens with zero attached hydrogens (tertiary/aromatic N) is 1. The summed E-state index contributed by atoms with van der Waals surface area (Å²) in [6, 6.07) is 44.6. The zero-order valence-electron chi connectivity index (χ0n) is 20.9. The lowest BCUT2D eigenvalue weighted by Gasteiger charge is -2.08. The Balaban J connectivity index is 1.30. The Bertz CT molecular complexity index is 2350. The van der Waals surface area contributed by atoms with Gasteiger partial charge in [0.25, 0.3) is 0 Å². The zero-order valence-corrected chi connectivity index (χ0v) is 20.9. The first kappa shape index (κ1) is 20.7. The van der Waals surface area contributed by atoms with Gasteiger partial charge in [-0.25, -0.2) is 0 Å². The molecule has 6 aromatic carbocycles. The Morgan fingerprint density at radius 2 is 1.00 bits per heavy atom. The fourth-order valence-corrected chi connectivity index (χ4v) is 6.28. The molecular weight excluding hydrogens is 478 g/mol. The van der Waals surface area contributed by atoms with E-state index in [1.165, 1.54) is 21.8 Å². The van der Waals surface area contributed by atoms with Crippen molar-refractivity contribution in [1.29, 1.82) is 0 Å². The van der Waals surface area contributed by atoms with Crippen LogP contribution in [-0.4, -0.2) is 4.57 Å². The second-order valence-electron chi connectivity index (χ2n) is 10.1. The van der Waals surface area contributed by atoms with Gasteiger partial charge in [-0.15, -0.1) is 0 Å². The van der Waals surface area contributed by atoms with Crippen molar-refractivity contribution in [3.05, 3.63) is 127 Å². The summed E-state index contributed by atoms with van der Waals surface area (Å²) in [7, 11) is 0. The van der Waals surface area contributed by atoms with Crippen molar-refractivity contribution in [3.8, 4) is 16.8 Å². The summed E-state index contributed by atoms with van der Waals surface area (Å²) in [6.45, 7) is 0. The van der Waals surface area contributed by atoms with Crippen LogP contribution in [0.3, 0.4) is 0 Å². The Morgan fingerprint density at radius 3 is 1.79 bits per heavy atom. The van der Waals surface area contributed by atoms with Gasteiger partial charge in [-0.05, 0) is 42.0 Å². The molecule has 3 aromatic heterocycles. The standard InChI is InChI=1S/C36H21NO2/c1-4-15-30-24(9-1)25-10-2-5-16-31(25)37(30)32-17-8-14-29-27-20-19-22(21-34(27)39-36(29)32)23-12-7-13-28-26-11-3-6-18-33(26)38-35(23)28/h1-21H. The molecule has 0 atom stereocenters.